The van der Waals surface area contributed by atoms with E-state index in [2.05, 4.69) is 98.4 Å². The van der Waals surface area contributed by atoms with E-state index >= 15 is 0 Å². The first-order valence-corrected chi connectivity index (χ1v) is 18.2. The second kappa shape index (κ2) is 17.1. The highest BCUT2D eigenvalue weighted by molar-refractivity contribution is 7.54. The van der Waals surface area contributed by atoms with Crippen LogP contribution in [0, 0.1) is 24.4 Å². The summed E-state index contributed by atoms with van der Waals surface area (Å²) < 4.78 is 0. The first-order chi connectivity index (χ1) is 19.6. The minimum atomic E-state index is 0.111. The van der Waals surface area contributed by atoms with Gasteiger partial charge in [-0.25, -0.2) is 0 Å². The molecule has 3 aliphatic rings. The number of hydrogen-bond donors (Lipinski definition) is 0. The minimum Gasteiger partial charge on any atom is -0.285 e. The Morgan fingerprint density at radius 3 is 2.32 bits per heavy atom. The summed E-state index contributed by atoms with van der Waals surface area (Å²) in [6.45, 7) is 26.9. The molecule has 1 aliphatic carbocycles. The predicted molar refractivity (Wildman–Crippen MR) is 190 cm³/mol. The number of hydrogen-bond acceptors (Lipinski definition) is 1. The van der Waals surface area contributed by atoms with E-state index in [0.717, 1.165) is 6.42 Å². The average molecular weight is 574 g/mol. The van der Waals surface area contributed by atoms with Crippen molar-refractivity contribution in [2.45, 2.75) is 127 Å². The first kappa shape index (κ1) is 35.1. The quantitative estimate of drug-likeness (QED) is 0.217. The number of fused-ring (bicyclic) bond motifs is 1. The highest BCUT2D eigenvalue weighted by atomic mass is 31.1. The summed E-state index contributed by atoms with van der Waals surface area (Å²) >= 11 is 0. The van der Waals surface area contributed by atoms with E-state index in [9.17, 15) is 0 Å². The Bertz CT molecular complexity index is 1240. The third-order valence-corrected chi connectivity index (χ3v) is 10.5. The van der Waals surface area contributed by atoms with Crippen molar-refractivity contribution in [1.29, 1.82) is 0 Å². The molecule has 1 nitrogen and oxygen atoms in total. The van der Waals surface area contributed by atoms with Crippen LogP contribution >= 0.6 is 7.38 Å². The van der Waals surface area contributed by atoms with Gasteiger partial charge in [-0.3, -0.25) is 4.99 Å². The standard InChI is InChI=1S/C30H42NP.C7H12.C2H6/c1-8-19(3)23(7)27-21(5)10-11-25-22(6)18-24(13-15-32-16-17-32)28(29(25)27)26-12-14-31-30(26)20(4)9-2;1-4-5-6-7(2)3;1-2/h10-12,14,19-20,22-23,30H,8-9,13,16-18H2,1-7H3;4-6H,1-3H3;1-2H3/b;5-4-;. The van der Waals surface area contributed by atoms with Crippen molar-refractivity contribution in [2.75, 3.05) is 12.3 Å². The van der Waals surface area contributed by atoms with Gasteiger partial charge in [-0.1, -0.05) is 104 Å². The third kappa shape index (κ3) is 9.21. The van der Waals surface area contributed by atoms with Crippen LogP contribution < -0.4 is 0 Å². The molecule has 0 aromatic heterocycles. The summed E-state index contributed by atoms with van der Waals surface area (Å²) in [5, 5.41) is 0. The number of rotatable bonds is 8. The molecule has 226 valence electrons. The Labute approximate surface area is 255 Å². The molecule has 1 aromatic carbocycles. The van der Waals surface area contributed by atoms with E-state index in [4.69, 9.17) is 4.99 Å². The highest BCUT2D eigenvalue weighted by Gasteiger charge is 2.35. The molecule has 5 atom stereocenters. The van der Waals surface area contributed by atoms with Gasteiger partial charge in [0.2, 0.25) is 0 Å². The molecule has 1 fully saturated rings. The Morgan fingerprint density at radius 2 is 1.78 bits per heavy atom. The van der Waals surface area contributed by atoms with Crippen molar-refractivity contribution in [1.82, 2.24) is 0 Å². The van der Waals surface area contributed by atoms with Gasteiger partial charge in [-0.2, -0.15) is 0 Å². The monoisotopic (exact) mass is 573 g/mol. The van der Waals surface area contributed by atoms with E-state index in [-0.39, 0.29) is 7.38 Å². The molecule has 5 unspecified atom stereocenters. The molecule has 0 saturated carbocycles. The molecule has 41 heavy (non-hydrogen) atoms. The van der Waals surface area contributed by atoms with E-state index in [1.165, 1.54) is 48.3 Å². The van der Waals surface area contributed by atoms with Crippen LogP contribution in [0.1, 0.15) is 136 Å². The van der Waals surface area contributed by atoms with Crippen LogP contribution in [0.25, 0.3) is 5.57 Å². The molecular weight excluding hydrogens is 513 g/mol. The molecule has 0 N–H and O–H groups in total. The Kier molecular flexibility index (Phi) is 14.7. The maximum Gasteiger partial charge on any atom is 0.0780 e. The molecule has 1 saturated heterocycles. The molecule has 2 aliphatic heterocycles. The van der Waals surface area contributed by atoms with Crippen LogP contribution in [0.15, 0.2) is 58.1 Å². The van der Waals surface area contributed by atoms with Crippen LogP contribution in [-0.4, -0.2) is 24.6 Å². The first-order valence-electron chi connectivity index (χ1n) is 16.5. The Balaban J connectivity index is 0.000000573. The van der Waals surface area contributed by atoms with Gasteiger partial charge in [0.15, 0.2) is 0 Å². The van der Waals surface area contributed by atoms with Crippen molar-refractivity contribution >= 4 is 19.2 Å². The molecule has 0 spiro atoms. The van der Waals surface area contributed by atoms with Gasteiger partial charge in [0.1, 0.15) is 0 Å². The molecule has 0 radical (unpaired) electrons. The van der Waals surface area contributed by atoms with Gasteiger partial charge in [0.25, 0.3) is 0 Å². The normalized spacial score (nSPS) is 21.1. The molecule has 1 aromatic rings. The second-order valence-corrected chi connectivity index (χ2v) is 14.7. The zero-order chi connectivity index (χ0) is 30.7. The zero-order valence-electron chi connectivity index (χ0n) is 28.6. The molecule has 2 heterocycles. The smallest absolute Gasteiger partial charge is 0.0780 e. The fourth-order valence-corrected chi connectivity index (χ4v) is 7.06. The average Bonchev–Trinajstić information content (AvgIpc) is 3.69. The molecule has 0 bridgehead atoms. The van der Waals surface area contributed by atoms with E-state index in [1.54, 1.807) is 27.8 Å². The number of allylic oxidation sites excluding steroid dienone is 6. The summed E-state index contributed by atoms with van der Waals surface area (Å²) in [4.78, 5) is 4.98. The van der Waals surface area contributed by atoms with Crippen LogP contribution in [0.4, 0.5) is 0 Å². The maximum atomic E-state index is 4.98. The van der Waals surface area contributed by atoms with Gasteiger partial charge in [0.05, 0.1) is 6.04 Å². The third-order valence-electron chi connectivity index (χ3n) is 9.01. The summed E-state index contributed by atoms with van der Waals surface area (Å²) in [6.07, 6.45) is 18.0. The highest BCUT2D eigenvalue weighted by Crippen LogP contribution is 2.50. The lowest BCUT2D eigenvalue weighted by atomic mass is 9.69. The number of aliphatic imine (C=N–C) groups is 1. The molecule has 4 rings (SSSR count). The zero-order valence-corrected chi connectivity index (χ0v) is 29.5. The lowest BCUT2D eigenvalue weighted by Gasteiger charge is -2.35. The predicted octanol–water partition coefficient (Wildman–Crippen LogP) is 12.2. The van der Waals surface area contributed by atoms with Gasteiger partial charge >= 0.3 is 0 Å². The van der Waals surface area contributed by atoms with Gasteiger partial charge in [-0.15, -0.1) is 13.0 Å². The van der Waals surface area contributed by atoms with Crippen LogP contribution in [0.2, 0.25) is 0 Å². The number of nitrogens with zero attached hydrogens (tertiary/aromatic N) is 1. The van der Waals surface area contributed by atoms with Crippen LogP contribution in [0.3, 0.4) is 0 Å². The van der Waals surface area contributed by atoms with Crippen molar-refractivity contribution in [2.24, 2.45) is 16.8 Å². The minimum absolute atomic E-state index is 0.111. The topological polar surface area (TPSA) is 12.4 Å². The van der Waals surface area contributed by atoms with Gasteiger partial charge in [0, 0.05) is 12.6 Å². The fourth-order valence-electron chi connectivity index (χ4n) is 5.93. The molecule has 0 amide bonds. The van der Waals surface area contributed by atoms with Crippen molar-refractivity contribution in [3.63, 3.8) is 0 Å². The maximum absolute atomic E-state index is 4.98. The van der Waals surface area contributed by atoms with Crippen LogP contribution in [0.5, 0.6) is 0 Å². The number of aryl methyl sites for hydroxylation is 1. The summed E-state index contributed by atoms with van der Waals surface area (Å²) in [7, 11) is 0.111. The van der Waals surface area contributed by atoms with Gasteiger partial charge in [-0.05, 0) is 115 Å². The van der Waals surface area contributed by atoms with Crippen LogP contribution in [-0.2, 0) is 0 Å². The lowest BCUT2D eigenvalue weighted by Crippen LogP contribution is -2.22. The Hall–Kier alpha value is -2.07. The summed E-state index contributed by atoms with van der Waals surface area (Å²) in [5.74, 6) is 2.38. The largest absolute Gasteiger partial charge is 0.285 e. The van der Waals surface area contributed by atoms with Crippen molar-refractivity contribution in [3.05, 3.63) is 75.4 Å². The fraction of sp³-hybridized carbons (Fsp3) is 0.590. The SMILES string of the molecule is C/C=C\C=C(C)C.CC.CCC(C)C1N=CC=C1C1=C(CC#P2CC2)CC(C)c2ccc(C)c(C(C)C(C)CC)c21. The molecular formula is C39H60NP. The van der Waals surface area contributed by atoms with Gasteiger partial charge < -0.3 is 0 Å². The van der Waals surface area contributed by atoms with Crippen molar-refractivity contribution < 1.29 is 0 Å². The molecule has 2 heteroatoms. The summed E-state index contributed by atoms with van der Waals surface area (Å²) in [6, 6.07) is 5.13. The Morgan fingerprint density at radius 1 is 1.10 bits per heavy atom. The lowest BCUT2D eigenvalue weighted by molar-refractivity contribution is 0.469. The number of benzene rings is 1. The second-order valence-electron chi connectivity index (χ2n) is 12.4. The van der Waals surface area contributed by atoms with E-state index in [0.29, 0.717) is 29.7 Å². The van der Waals surface area contributed by atoms with Crippen molar-refractivity contribution in [3.8, 4) is 5.63 Å². The van der Waals surface area contributed by atoms with E-state index in [1.807, 2.05) is 32.9 Å². The summed E-state index contributed by atoms with van der Waals surface area (Å²) in [5.41, 5.74) is 16.1. The van der Waals surface area contributed by atoms with E-state index < -0.39 is 0 Å².